The number of hydrogen-bond donors (Lipinski definition) is 2. The van der Waals surface area contributed by atoms with Crippen LogP contribution in [0.3, 0.4) is 0 Å². The Morgan fingerprint density at radius 1 is 1.07 bits per heavy atom. The highest BCUT2D eigenvalue weighted by atomic mass is 19.4. The molecule has 1 heterocycles. The third-order valence-corrected chi connectivity index (χ3v) is 6.24. The van der Waals surface area contributed by atoms with Crippen molar-refractivity contribution in [3.63, 3.8) is 0 Å². The Kier molecular flexibility index (Phi) is 4.14. The predicted molar refractivity (Wildman–Crippen MR) is 95.8 cm³/mol. The Morgan fingerprint density at radius 3 is 2.37 bits per heavy atom. The summed E-state index contributed by atoms with van der Waals surface area (Å²) in [6.45, 7) is 0.692. The summed E-state index contributed by atoms with van der Waals surface area (Å²) in [6.07, 6.45) is -1.53. The molecule has 1 saturated carbocycles. The summed E-state index contributed by atoms with van der Waals surface area (Å²) >= 11 is 0. The lowest BCUT2D eigenvalue weighted by Crippen LogP contribution is -2.50. The standard InChI is InChI=1S/C21H22F3NO2/c1-25-10-7-13-11-17(26)18(27)12-14(13)19(25)20(8-4-9-20)15-5-2-3-6-16(15)21(22,23)24/h2-3,5-6,11-12,19,26-27H,4,7-10H2,1H3. The van der Waals surface area contributed by atoms with Crippen LogP contribution in [0.15, 0.2) is 36.4 Å². The van der Waals surface area contributed by atoms with E-state index in [0.29, 0.717) is 31.4 Å². The molecule has 6 heteroatoms. The van der Waals surface area contributed by atoms with Gasteiger partial charge in [-0.15, -0.1) is 0 Å². The van der Waals surface area contributed by atoms with Crippen molar-refractivity contribution in [2.75, 3.05) is 13.6 Å². The number of fused-ring (bicyclic) bond motifs is 1. The van der Waals surface area contributed by atoms with Gasteiger partial charge < -0.3 is 10.2 Å². The molecular weight excluding hydrogens is 355 g/mol. The summed E-state index contributed by atoms with van der Waals surface area (Å²) < 4.78 is 41.2. The van der Waals surface area contributed by atoms with Crippen LogP contribution in [0.5, 0.6) is 11.5 Å². The van der Waals surface area contributed by atoms with Crippen LogP contribution in [0, 0.1) is 0 Å². The molecule has 0 spiro atoms. The number of nitrogens with zero attached hydrogens (tertiary/aromatic N) is 1. The second-order valence-electron chi connectivity index (χ2n) is 7.73. The van der Waals surface area contributed by atoms with E-state index >= 15 is 0 Å². The molecule has 2 aromatic carbocycles. The third kappa shape index (κ3) is 2.78. The fourth-order valence-electron chi connectivity index (χ4n) is 4.90. The molecule has 1 fully saturated rings. The van der Waals surface area contributed by atoms with E-state index in [1.165, 1.54) is 12.1 Å². The van der Waals surface area contributed by atoms with Crippen LogP contribution >= 0.6 is 0 Å². The van der Waals surface area contributed by atoms with Gasteiger partial charge in [0.15, 0.2) is 11.5 Å². The van der Waals surface area contributed by atoms with Crippen LogP contribution in [0.2, 0.25) is 0 Å². The monoisotopic (exact) mass is 377 g/mol. The van der Waals surface area contributed by atoms with E-state index in [1.54, 1.807) is 18.2 Å². The Morgan fingerprint density at radius 2 is 1.74 bits per heavy atom. The van der Waals surface area contributed by atoms with E-state index in [9.17, 15) is 23.4 Å². The van der Waals surface area contributed by atoms with Crippen molar-refractivity contribution in [1.82, 2.24) is 4.90 Å². The lowest BCUT2D eigenvalue weighted by atomic mass is 9.56. The van der Waals surface area contributed by atoms with Crippen LogP contribution in [-0.2, 0) is 18.0 Å². The fourth-order valence-corrected chi connectivity index (χ4v) is 4.90. The molecular formula is C21H22F3NO2. The van der Waals surface area contributed by atoms with Crippen molar-refractivity contribution in [3.05, 3.63) is 58.7 Å². The van der Waals surface area contributed by atoms with Gasteiger partial charge in [0.05, 0.1) is 5.56 Å². The first-order chi connectivity index (χ1) is 12.7. The molecule has 1 aliphatic heterocycles. The SMILES string of the molecule is CN1CCc2cc(O)c(O)cc2C1C1(c2ccccc2C(F)(F)F)CCC1. The molecule has 1 aliphatic carbocycles. The highest BCUT2D eigenvalue weighted by Crippen LogP contribution is 2.58. The van der Waals surface area contributed by atoms with E-state index in [2.05, 4.69) is 4.90 Å². The van der Waals surface area contributed by atoms with Gasteiger partial charge >= 0.3 is 6.18 Å². The molecule has 0 aromatic heterocycles. The Labute approximate surface area is 156 Å². The van der Waals surface area contributed by atoms with Crippen LogP contribution in [0.4, 0.5) is 13.2 Å². The lowest BCUT2D eigenvalue weighted by Gasteiger charge is -2.54. The molecule has 0 bridgehead atoms. The van der Waals surface area contributed by atoms with Gasteiger partial charge in [0.25, 0.3) is 0 Å². The van der Waals surface area contributed by atoms with Gasteiger partial charge in [-0.1, -0.05) is 24.6 Å². The molecule has 3 nitrogen and oxygen atoms in total. The number of benzene rings is 2. The van der Waals surface area contributed by atoms with Gasteiger partial charge in [-0.2, -0.15) is 13.2 Å². The van der Waals surface area contributed by atoms with Gasteiger partial charge in [-0.25, -0.2) is 0 Å². The second kappa shape index (κ2) is 6.16. The van der Waals surface area contributed by atoms with Gasteiger partial charge in [-0.05, 0) is 61.2 Å². The largest absolute Gasteiger partial charge is 0.504 e. The maximum Gasteiger partial charge on any atom is 0.416 e. The first kappa shape index (κ1) is 18.2. The number of aromatic hydroxyl groups is 2. The maximum absolute atomic E-state index is 13.7. The number of rotatable bonds is 2. The van der Waals surface area contributed by atoms with Crippen molar-refractivity contribution in [3.8, 4) is 11.5 Å². The van der Waals surface area contributed by atoms with Gasteiger partial charge in [-0.3, -0.25) is 4.90 Å². The molecule has 1 atom stereocenters. The summed E-state index contributed by atoms with van der Waals surface area (Å²) in [6, 6.07) is 8.67. The Bertz CT molecular complexity index is 874. The quantitative estimate of drug-likeness (QED) is 0.741. The van der Waals surface area contributed by atoms with Crippen LogP contribution < -0.4 is 0 Å². The molecule has 0 amide bonds. The highest BCUT2D eigenvalue weighted by molar-refractivity contribution is 5.51. The van der Waals surface area contributed by atoms with Crippen molar-refractivity contribution in [2.24, 2.45) is 0 Å². The number of hydrogen-bond acceptors (Lipinski definition) is 3. The average Bonchev–Trinajstić information content (AvgIpc) is 2.57. The van der Waals surface area contributed by atoms with Crippen molar-refractivity contribution in [2.45, 2.75) is 43.3 Å². The molecule has 0 saturated heterocycles. The molecule has 2 aliphatic rings. The average molecular weight is 377 g/mol. The number of alkyl halides is 3. The van der Waals surface area contributed by atoms with E-state index in [0.717, 1.165) is 23.6 Å². The first-order valence-electron chi connectivity index (χ1n) is 9.16. The summed E-state index contributed by atoms with van der Waals surface area (Å²) in [5, 5.41) is 19.9. The normalized spacial score (nSPS) is 22.1. The summed E-state index contributed by atoms with van der Waals surface area (Å²) in [5.41, 5.74) is 0.813. The first-order valence-corrected chi connectivity index (χ1v) is 9.16. The zero-order chi connectivity index (χ0) is 19.4. The van der Waals surface area contributed by atoms with Gasteiger partial charge in [0.1, 0.15) is 0 Å². The van der Waals surface area contributed by atoms with Gasteiger partial charge in [0, 0.05) is 18.0 Å². The molecule has 0 radical (unpaired) electrons. The highest BCUT2D eigenvalue weighted by Gasteiger charge is 2.52. The predicted octanol–water partition coefficient (Wildman–Crippen LogP) is 4.77. The summed E-state index contributed by atoms with van der Waals surface area (Å²) in [4.78, 5) is 2.09. The van der Waals surface area contributed by atoms with Gasteiger partial charge in [0.2, 0.25) is 0 Å². The second-order valence-corrected chi connectivity index (χ2v) is 7.73. The Balaban J connectivity index is 1.91. The van der Waals surface area contributed by atoms with E-state index in [4.69, 9.17) is 0 Å². The third-order valence-electron chi connectivity index (χ3n) is 6.24. The molecule has 2 aromatic rings. The van der Waals surface area contributed by atoms with E-state index < -0.39 is 17.2 Å². The zero-order valence-corrected chi connectivity index (χ0v) is 15.1. The Hall–Kier alpha value is -2.21. The number of halogens is 3. The number of phenols is 2. The number of likely N-dealkylation sites (N-methyl/N-ethyl adjacent to an activating group) is 1. The van der Waals surface area contributed by atoms with Crippen LogP contribution in [-0.4, -0.2) is 28.7 Å². The molecule has 4 rings (SSSR count). The van der Waals surface area contributed by atoms with Crippen molar-refractivity contribution < 1.29 is 23.4 Å². The number of phenolic OH excluding ortho intramolecular Hbond substituents is 2. The lowest BCUT2D eigenvalue weighted by molar-refractivity contribution is -0.139. The van der Waals surface area contributed by atoms with Crippen molar-refractivity contribution >= 4 is 0 Å². The molecule has 2 N–H and O–H groups in total. The maximum atomic E-state index is 13.7. The molecule has 144 valence electrons. The molecule has 27 heavy (non-hydrogen) atoms. The van der Waals surface area contributed by atoms with E-state index in [1.807, 2.05) is 7.05 Å². The van der Waals surface area contributed by atoms with Crippen molar-refractivity contribution in [1.29, 1.82) is 0 Å². The minimum absolute atomic E-state index is 0.185. The minimum atomic E-state index is -4.41. The summed E-state index contributed by atoms with van der Waals surface area (Å²) in [5.74, 6) is -0.414. The fraction of sp³-hybridized carbons (Fsp3) is 0.429. The van der Waals surface area contributed by atoms with E-state index in [-0.39, 0.29) is 17.5 Å². The van der Waals surface area contributed by atoms with Crippen LogP contribution in [0.1, 0.15) is 47.6 Å². The molecule has 1 unspecified atom stereocenters. The zero-order valence-electron chi connectivity index (χ0n) is 15.1. The summed E-state index contributed by atoms with van der Waals surface area (Å²) in [7, 11) is 1.92. The topological polar surface area (TPSA) is 43.7 Å². The van der Waals surface area contributed by atoms with Crippen LogP contribution in [0.25, 0.3) is 0 Å². The minimum Gasteiger partial charge on any atom is -0.504 e. The smallest absolute Gasteiger partial charge is 0.416 e.